The molecule has 2 atom stereocenters. The zero-order valence-electron chi connectivity index (χ0n) is 11.0. The van der Waals surface area contributed by atoms with Crippen LogP contribution in [0.15, 0.2) is 15.9 Å². The van der Waals surface area contributed by atoms with Crippen LogP contribution in [0.25, 0.3) is 0 Å². The molecule has 19 heavy (non-hydrogen) atoms. The van der Waals surface area contributed by atoms with E-state index >= 15 is 0 Å². The van der Waals surface area contributed by atoms with Gasteiger partial charge in [0.25, 0.3) is 0 Å². The van der Waals surface area contributed by atoms with E-state index in [1.54, 1.807) is 11.3 Å². The largest absolute Gasteiger partial charge is 0.300 e. The fourth-order valence-electron chi connectivity index (χ4n) is 2.13. The van der Waals surface area contributed by atoms with Gasteiger partial charge in [0.2, 0.25) is 11.8 Å². The number of hydrogen-bond acceptors (Lipinski definition) is 4. The predicted octanol–water partition coefficient (Wildman–Crippen LogP) is 2.53. The average molecular weight is 345 g/mol. The van der Waals surface area contributed by atoms with E-state index in [4.69, 9.17) is 0 Å². The van der Waals surface area contributed by atoms with E-state index in [1.165, 1.54) is 4.90 Å². The Hall–Kier alpha value is -0.720. The van der Waals surface area contributed by atoms with Crippen LogP contribution in [0.3, 0.4) is 0 Å². The molecule has 1 aromatic heterocycles. The number of halogens is 1. The van der Waals surface area contributed by atoms with Gasteiger partial charge in [-0.2, -0.15) is 0 Å². The fourth-order valence-corrected chi connectivity index (χ4v) is 3.53. The number of carbonyl (C=O) groups is 2. The maximum atomic E-state index is 12.2. The van der Waals surface area contributed by atoms with E-state index in [1.807, 2.05) is 25.3 Å². The molecule has 2 amide bonds. The first-order chi connectivity index (χ1) is 9.02. The molecule has 4 nitrogen and oxygen atoms in total. The number of rotatable bonds is 5. The van der Waals surface area contributed by atoms with Crippen LogP contribution in [0, 0.1) is 0 Å². The van der Waals surface area contributed by atoms with Crippen molar-refractivity contribution in [3.63, 3.8) is 0 Å². The Kier molecular flexibility index (Phi) is 4.76. The van der Waals surface area contributed by atoms with Crippen LogP contribution in [-0.2, 0) is 16.1 Å². The van der Waals surface area contributed by atoms with Gasteiger partial charge in [-0.15, -0.1) is 11.3 Å². The Labute approximate surface area is 125 Å². The number of nitrogens with zero attached hydrogens (tertiary/aromatic N) is 1. The zero-order chi connectivity index (χ0) is 14.0. The highest BCUT2D eigenvalue weighted by molar-refractivity contribution is 9.10. The lowest BCUT2D eigenvalue weighted by Gasteiger charge is -2.21. The van der Waals surface area contributed by atoms with Gasteiger partial charge < -0.3 is 5.32 Å². The SMILES string of the molecule is CCC(C)N1C(=O)CC(NCc2cc(Br)cs2)C1=O. The summed E-state index contributed by atoms with van der Waals surface area (Å²) in [7, 11) is 0. The minimum Gasteiger partial charge on any atom is -0.300 e. The van der Waals surface area contributed by atoms with Crippen molar-refractivity contribution in [3.05, 3.63) is 20.8 Å². The van der Waals surface area contributed by atoms with E-state index < -0.39 is 0 Å². The zero-order valence-corrected chi connectivity index (χ0v) is 13.4. The highest BCUT2D eigenvalue weighted by Gasteiger charge is 2.40. The Morgan fingerprint density at radius 2 is 2.32 bits per heavy atom. The lowest BCUT2D eigenvalue weighted by atomic mass is 10.2. The van der Waals surface area contributed by atoms with Crippen molar-refractivity contribution in [2.45, 2.75) is 45.3 Å². The van der Waals surface area contributed by atoms with Gasteiger partial charge in [0, 0.05) is 27.3 Å². The number of likely N-dealkylation sites (tertiary alicyclic amines) is 1. The van der Waals surface area contributed by atoms with Crippen molar-refractivity contribution < 1.29 is 9.59 Å². The second kappa shape index (κ2) is 6.15. The maximum absolute atomic E-state index is 12.2. The molecule has 1 aliphatic heterocycles. The molecule has 0 bridgehead atoms. The molecule has 1 aliphatic rings. The number of imide groups is 1. The topological polar surface area (TPSA) is 49.4 Å². The molecule has 0 radical (unpaired) electrons. The van der Waals surface area contributed by atoms with Crippen LogP contribution in [0.5, 0.6) is 0 Å². The predicted molar refractivity (Wildman–Crippen MR) is 78.9 cm³/mol. The summed E-state index contributed by atoms with van der Waals surface area (Å²) in [6.45, 7) is 4.51. The van der Waals surface area contributed by atoms with Crippen LogP contribution >= 0.6 is 27.3 Å². The van der Waals surface area contributed by atoms with Gasteiger partial charge in [-0.3, -0.25) is 14.5 Å². The molecule has 0 saturated carbocycles. The molecule has 2 unspecified atom stereocenters. The van der Waals surface area contributed by atoms with Gasteiger partial charge in [0.15, 0.2) is 0 Å². The summed E-state index contributed by atoms with van der Waals surface area (Å²) in [5.41, 5.74) is 0. The normalized spacial score (nSPS) is 21.2. The van der Waals surface area contributed by atoms with Crippen molar-refractivity contribution >= 4 is 39.1 Å². The molecule has 2 rings (SSSR count). The molecule has 2 heterocycles. The molecule has 0 aromatic carbocycles. The second-order valence-electron chi connectivity index (χ2n) is 4.73. The minimum atomic E-state index is -0.373. The quantitative estimate of drug-likeness (QED) is 0.835. The molecule has 1 aromatic rings. The van der Waals surface area contributed by atoms with Gasteiger partial charge in [-0.25, -0.2) is 0 Å². The summed E-state index contributed by atoms with van der Waals surface area (Å²) in [4.78, 5) is 26.6. The number of carbonyl (C=O) groups excluding carboxylic acids is 2. The molecule has 1 N–H and O–H groups in total. The maximum Gasteiger partial charge on any atom is 0.247 e. The molecular formula is C13H17BrN2O2S. The average Bonchev–Trinajstić information content (AvgIpc) is 2.90. The molecule has 1 fully saturated rings. The van der Waals surface area contributed by atoms with Gasteiger partial charge in [0.1, 0.15) is 0 Å². The third-order valence-corrected chi connectivity index (χ3v) is 5.06. The van der Waals surface area contributed by atoms with E-state index in [2.05, 4.69) is 21.2 Å². The first kappa shape index (κ1) is 14.7. The lowest BCUT2D eigenvalue weighted by molar-refractivity contribution is -0.141. The van der Waals surface area contributed by atoms with E-state index in [0.29, 0.717) is 6.54 Å². The summed E-state index contributed by atoms with van der Waals surface area (Å²) in [6.07, 6.45) is 1.07. The van der Waals surface area contributed by atoms with E-state index in [0.717, 1.165) is 15.8 Å². The summed E-state index contributed by atoms with van der Waals surface area (Å²) in [5, 5.41) is 5.18. The van der Waals surface area contributed by atoms with E-state index in [-0.39, 0.29) is 30.3 Å². The van der Waals surface area contributed by atoms with Crippen molar-refractivity contribution in [2.24, 2.45) is 0 Å². The third-order valence-electron chi connectivity index (χ3n) is 3.36. The molecule has 104 valence electrons. The van der Waals surface area contributed by atoms with Crippen molar-refractivity contribution in [1.82, 2.24) is 10.2 Å². The minimum absolute atomic E-state index is 0.0114. The standard InChI is InChI=1S/C13H17BrN2O2S/c1-3-8(2)16-12(17)5-11(13(16)18)15-6-10-4-9(14)7-19-10/h4,7-8,11,15H,3,5-6H2,1-2H3. The van der Waals surface area contributed by atoms with Gasteiger partial charge >= 0.3 is 0 Å². The third kappa shape index (κ3) is 3.24. The smallest absolute Gasteiger partial charge is 0.247 e. The van der Waals surface area contributed by atoms with Crippen molar-refractivity contribution in [1.29, 1.82) is 0 Å². The van der Waals surface area contributed by atoms with E-state index in [9.17, 15) is 9.59 Å². The van der Waals surface area contributed by atoms with Crippen LogP contribution in [0.4, 0.5) is 0 Å². The van der Waals surface area contributed by atoms with Crippen LogP contribution in [0.1, 0.15) is 31.6 Å². The first-order valence-electron chi connectivity index (χ1n) is 6.35. The Balaban J connectivity index is 1.95. The first-order valence-corrected chi connectivity index (χ1v) is 8.02. The Morgan fingerprint density at radius 3 is 2.89 bits per heavy atom. The monoisotopic (exact) mass is 344 g/mol. The van der Waals surface area contributed by atoms with Gasteiger partial charge in [-0.1, -0.05) is 6.92 Å². The van der Waals surface area contributed by atoms with Crippen molar-refractivity contribution in [3.8, 4) is 0 Å². The Morgan fingerprint density at radius 1 is 1.58 bits per heavy atom. The Bertz CT molecular complexity index is 489. The number of thiophene rings is 1. The fraction of sp³-hybridized carbons (Fsp3) is 0.538. The lowest BCUT2D eigenvalue weighted by Crippen LogP contribution is -2.42. The van der Waals surface area contributed by atoms with Crippen LogP contribution in [0.2, 0.25) is 0 Å². The molecule has 0 aliphatic carbocycles. The molecule has 1 saturated heterocycles. The highest BCUT2D eigenvalue weighted by atomic mass is 79.9. The summed E-state index contributed by atoms with van der Waals surface area (Å²) < 4.78 is 1.05. The van der Waals surface area contributed by atoms with Crippen LogP contribution in [-0.4, -0.2) is 28.8 Å². The molecule has 0 spiro atoms. The second-order valence-corrected chi connectivity index (χ2v) is 6.64. The van der Waals surface area contributed by atoms with Gasteiger partial charge in [0.05, 0.1) is 12.5 Å². The highest BCUT2D eigenvalue weighted by Crippen LogP contribution is 2.21. The molecule has 6 heteroatoms. The summed E-state index contributed by atoms with van der Waals surface area (Å²) in [6, 6.07) is 1.63. The molecular weight excluding hydrogens is 328 g/mol. The van der Waals surface area contributed by atoms with Crippen LogP contribution < -0.4 is 5.32 Å². The van der Waals surface area contributed by atoms with Crippen molar-refractivity contribution in [2.75, 3.05) is 0 Å². The number of nitrogens with one attached hydrogen (secondary N) is 1. The van der Waals surface area contributed by atoms with Gasteiger partial charge in [-0.05, 0) is 35.3 Å². The number of amides is 2. The summed E-state index contributed by atoms with van der Waals surface area (Å²) >= 11 is 5.03. The number of hydrogen-bond donors (Lipinski definition) is 1. The summed E-state index contributed by atoms with van der Waals surface area (Å²) in [5.74, 6) is -0.154.